The Hall–Kier alpha value is -1.81. The van der Waals surface area contributed by atoms with Gasteiger partial charge in [0.15, 0.2) is 5.75 Å². The second kappa shape index (κ2) is 10.9. The molecule has 0 amide bonds. The number of para-hydroxylation sites is 1. The van der Waals surface area contributed by atoms with Crippen molar-refractivity contribution in [3.05, 3.63) is 48.0 Å². The first kappa shape index (κ1) is 24.8. The monoisotopic (exact) mass is 493 g/mol. The number of anilines is 1. The quantitative estimate of drug-likeness (QED) is 0.402. The number of unbranched alkanes of at least 4 members (excludes halogenated alkanes) is 1. The van der Waals surface area contributed by atoms with Gasteiger partial charge in [0.25, 0.3) is 0 Å². The van der Waals surface area contributed by atoms with Crippen LogP contribution in [0.4, 0.5) is 5.69 Å². The molecule has 2 aromatic carbocycles. The smallest absolute Gasteiger partial charge is 0.241 e. The average Bonchev–Trinajstić information content (AvgIpc) is 2.73. The predicted octanol–water partition coefficient (Wildman–Crippen LogP) is 4.84. The van der Waals surface area contributed by atoms with E-state index >= 15 is 0 Å². The van der Waals surface area contributed by atoms with E-state index in [0.29, 0.717) is 39.0 Å². The van der Waals surface area contributed by atoms with Gasteiger partial charge < -0.3 is 15.0 Å². The summed E-state index contributed by atoms with van der Waals surface area (Å²) in [6.45, 7) is 8.77. The van der Waals surface area contributed by atoms with Crippen LogP contribution in [0.1, 0.15) is 39.2 Å². The second-order valence-electron chi connectivity index (χ2n) is 8.06. The molecule has 9 heteroatoms. The highest BCUT2D eigenvalue weighted by Crippen LogP contribution is 2.38. The lowest BCUT2D eigenvalue weighted by Gasteiger charge is -2.36. The molecule has 3 rings (SSSR count). The first-order chi connectivity index (χ1) is 15.2. The molecular weight excluding hydrogens is 462 g/mol. The van der Waals surface area contributed by atoms with Crippen molar-refractivity contribution in [1.82, 2.24) is 4.90 Å². The summed E-state index contributed by atoms with van der Waals surface area (Å²) in [6.07, 6.45) is 1.94. The van der Waals surface area contributed by atoms with E-state index in [-0.39, 0.29) is 10.6 Å². The van der Waals surface area contributed by atoms with Gasteiger partial charge in [-0.3, -0.25) is 0 Å². The maximum atomic E-state index is 12.6. The molecule has 0 saturated carbocycles. The molecule has 0 bridgehead atoms. The Balaban J connectivity index is 2.07. The van der Waals surface area contributed by atoms with Crippen LogP contribution >= 0.6 is 24.0 Å². The molecule has 3 N–H and O–H groups in total. The number of hydrogen-bond donors (Lipinski definition) is 2. The molecule has 0 spiro atoms. The van der Waals surface area contributed by atoms with Gasteiger partial charge in [0, 0.05) is 35.7 Å². The van der Waals surface area contributed by atoms with Crippen LogP contribution < -0.4 is 15.2 Å². The molecule has 1 aliphatic rings. The van der Waals surface area contributed by atoms with Crippen molar-refractivity contribution in [1.29, 1.82) is 0 Å². The zero-order valence-corrected chi connectivity index (χ0v) is 21.2. The van der Waals surface area contributed by atoms with Gasteiger partial charge in [0.1, 0.15) is 15.6 Å². The van der Waals surface area contributed by atoms with Gasteiger partial charge in [-0.2, -0.15) is 11.8 Å². The lowest BCUT2D eigenvalue weighted by Crippen LogP contribution is -2.43. The highest BCUT2D eigenvalue weighted by atomic mass is 32.2. The Kier molecular flexibility index (Phi) is 8.43. The molecule has 1 fully saturated rings. The van der Waals surface area contributed by atoms with Gasteiger partial charge in [-0.15, -0.1) is 0 Å². The molecule has 1 saturated heterocycles. The van der Waals surface area contributed by atoms with Gasteiger partial charge in [-0.05, 0) is 30.7 Å². The van der Waals surface area contributed by atoms with Crippen molar-refractivity contribution < 1.29 is 13.2 Å². The summed E-state index contributed by atoms with van der Waals surface area (Å²) in [7, 11) is -4.06. The van der Waals surface area contributed by atoms with Gasteiger partial charge in [-0.1, -0.05) is 57.6 Å². The van der Waals surface area contributed by atoms with Crippen LogP contribution in [0.3, 0.4) is 0 Å². The number of rotatable bonds is 8. The molecule has 32 heavy (non-hydrogen) atoms. The molecule has 0 aliphatic carbocycles. The molecule has 1 heterocycles. The minimum absolute atomic E-state index is 0.0762. The first-order valence-electron chi connectivity index (χ1n) is 10.8. The molecule has 174 valence electrons. The molecule has 0 unspecified atom stereocenters. The Morgan fingerprint density at radius 1 is 1.22 bits per heavy atom. The minimum Gasteiger partial charge on any atom is -0.454 e. The molecule has 2 aromatic rings. The van der Waals surface area contributed by atoms with Crippen molar-refractivity contribution in [3.8, 4) is 11.5 Å². The summed E-state index contributed by atoms with van der Waals surface area (Å²) in [5, 5.41) is 9.85. The third-order valence-electron chi connectivity index (χ3n) is 5.12. The Labute approximate surface area is 201 Å². The fourth-order valence-electron chi connectivity index (χ4n) is 3.71. The lowest BCUT2D eigenvalue weighted by molar-refractivity contribution is 0.417. The normalized spacial score (nSPS) is 18.9. The lowest BCUT2D eigenvalue weighted by atomic mass is 10.1. The zero-order valence-electron chi connectivity index (χ0n) is 18.7. The third-order valence-corrected chi connectivity index (χ3v) is 7.76. The van der Waals surface area contributed by atoms with Crippen LogP contribution in [0.15, 0.2) is 47.4 Å². The summed E-state index contributed by atoms with van der Waals surface area (Å²) in [5.41, 5.74) is 1.22. The second-order valence-corrected chi connectivity index (χ2v) is 11.9. The van der Waals surface area contributed by atoms with Gasteiger partial charge in [-0.25, -0.2) is 13.6 Å². The van der Waals surface area contributed by atoms with Crippen LogP contribution in [-0.2, 0) is 10.0 Å². The summed E-state index contributed by atoms with van der Waals surface area (Å²) < 4.78 is 31.2. The predicted molar refractivity (Wildman–Crippen MR) is 138 cm³/mol. The molecule has 6 nitrogen and oxygen atoms in total. The topological polar surface area (TPSA) is 84.7 Å². The average molecular weight is 494 g/mol. The van der Waals surface area contributed by atoms with E-state index in [4.69, 9.17) is 22.1 Å². The Bertz CT molecular complexity index is 1040. The molecule has 2 atom stereocenters. The standard InChI is InChI=1S/C23H31N3O3S3/c1-4-5-11-25-20-12-18(23(30)26-14-16(2)31-17(3)15-26)13-21(32(24,27)28)22(20)29-19-9-7-6-8-10-19/h6-10,12-13,16-17,25H,4-5,11,14-15H2,1-3H3,(H2,24,27,28)/t16-,17+. The number of benzene rings is 2. The van der Waals surface area contributed by atoms with E-state index < -0.39 is 10.0 Å². The molecule has 0 aromatic heterocycles. The number of sulfonamides is 1. The Morgan fingerprint density at radius 2 is 1.88 bits per heavy atom. The van der Waals surface area contributed by atoms with Crippen LogP contribution in [0.2, 0.25) is 0 Å². The maximum Gasteiger partial charge on any atom is 0.241 e. The number of nitrogens with zero attached hydrogens (tertiary/aromatic N) is 1. The molecule has 0 radical (unpaired) electrons. The number of nitrogens with two attached hydrogens (primary N) is 1. The number of primary sulfonamides is 1. The van der Waals surface area contributed by atoms with Crippen LogP contribution in [-0.4, -0.2) is 48.4 Å². The van der Waals surface area contributed by atoms with Crippen LogP contribution in [0.25, 0.3) is 0 Å². The minimum atomic E-state index is -4.06. The van der Waals surface area contributed by atoms with Gasteiger partial charge in [0.2, 0.25) is 10.0 Å². The fraction of sp³-hybridized carbons (Fsp3) is 0.435. The summed E-state index contributed by atoms with van der Waals surface area (Å²) in [6, 6.07) is 12.5. The van der Waals surface area contributed by atoms with Gasteiger partial charge >= 0.3 is 0 Å². The number of hydrogen-bond acceptors (Lipinski definition) is 6. The van der Waals surface area contributed by atoms with Crippen molar-refractivity contribution in [3.63, 3.8) is 0 Å². The van der Waals surface area contributed by atoms with E-state index in [1.165, 1.54) is 6.07 Å². The highest BCUT2D eigenvalue weighted by molar-refractivity contribution is 8.00. The maximum absolute atomic E-state index is 12.6. The summed E-state index contributed by atoms with van der Waals surface area (Å²) in [4.78, 5) is 2.70. The van der Waals surface area contributed by atoms with Crippen molar-refractivity contribution in [2.24, 2.45) is 5.14 Å². The SMILES string of the molecule is CCCCNc1cc(C(=S)N2C[C@@H](C)S[C@@H](C)C2)cc(S(N)(=O)=O)c1Oc1ccccc1. The molecule has 1 aliphatic heterocycles. The van der Waals surface area contributed by atoms with E-state index in [9.17, 15) is 8.42 Å². The van der Waals surface area contributed by atoms with E-state index in [1.54, 1.807) is 12.1 Å². The van der Waals surface area contributed by atoms with Crippen molar-refractivity contribution in [2.45, 2.75) is 49.0 Å². The van der Waals surface area contributed by atoms with Crippen LogP contribution in [0.5, 0.6) is 11.5 Å². The number of thioether (sulfide) groups is 1. The third kappa shape index (κ3) is 6.37. The number of nitrogens with one attached hydrogen (secondary N) is 1. The van der Waals surface area contributed by atoms with Gasteiger partial charge in [0.05, 0.1) is 5.69 Å². The molecular formula is C23H31N3O3S3. The largest absolute Gasteiger partial charge is 0.454 e. The zero-order chi connectivity index (χ0) is 23.3. The first-order valence-corrected chi connectivity index (χ1v) is 13.7. The highest BCUT2D eigenvalue weighted by Gasteiger charge is 2.27. The summed E-state index contributed by atoms with van der Waals surface area (Å²) in [5.74, 6) is 0.722. The van der Waals surface area contributed by atoms with Crippen molar-refractivity contribution in [2.75, 3.05) is 25.0 Å². The van der Waals surface area contributed by atoms with Crippen LogP contribution in [0, 0.1) is 0 Å². The van der Waals surface area contributed by atoms with E-state index in [2.05, 4.69) is 31.0 Å². The van der Waals surface area contributed by atoms with E-state index in [0.717, 1.165) is 25.9 Å². The number of ether oxygens (including phenoxy) is 1. The number of thiocarbonyl (C=S) groups is 1. The Morgan fingerprint density at radius 3 is 2.47 bits per heavy atom. The summed E-state index contributed by atoms with van der Waals surface area (Å²) >= 11 is 7.75. The van der Waals surface area contributed by atoms with E-state index in [1.807, 2.05) is 36.0 Å². The fourth-order valence-corrected chi connectivity index (χ4v) is 6.00. The van der Waals surface area contributed by atoms with Crippen molar-refractivity contribution >= 4 is 44.7 Å².